The molecule has 1 aromatic rings. The molecule has 6 heteroatoms. The normalized spacial score (nSPS) is 10.3. The summed E-state index contributed by atoms with van der Waals surface area (Å²) in [5, 5.41) is 2.85. The minimum atomic E-state index is -3.20. The zero-order valence-electron chi connectivity index (χ0n) is 7.82. The average molecular weight is 353 g/mol. The lowest BCUT2D eigenvalue weighted by Crippen LogP contribution is -2.09. The van der Waals surface area contributed by atoms with Crippen molar-refractivity contribution in [2.45, 2.75) is 0 Å². The number of halogens is 1. The molecule has 0 saturated heterocycles. The highest BCUT2D eigenvalue weighted by atomic mass is 127. The van der Waals surface area contributed by atoms with Gasteiger partial charge in [-0.1, -0.05) is 5.92 Å². The zero-order valence-corrected chi connectivity index (χ0v) is 11.6. The molecule has 0 aliphatic heterocycles. The standard InChI is InChI=1S/C9H8INO2S2/c1-15(12,13)11-9-4-2-8(3-5-9)6-7-14-10/h2-5,11H,1H3. The largest absolute Gasteiger partial charge is 0.284 e. The van der Waals surface area contributed by atoms with Crippen molar-refractivity contribution in [1.29, 1.82) is 0 Å². The molecule has 0 amide bonds. The maximum Gasteiger partial charge on any atom is 0.229 e. The Kier molecular flexibility index (Phi) is 4.76. The fourth-order valence-electron chi connectivity index (χ4n) is 0.914. The Balaban J connectivity index is 2.81. The van der Waals surface area contributed by atoms with Crippen molar-refractivity contribution in [3.05, 3.63) is 29.8 Å². The predicted molar refractivity (Wildman–Crippen MR) is 73.4 cm³/mol. The van der Waals surface area contributed by atoms with Crippen LogP contribution in [0.1, 0.15) is 5.56 Å². The van der Waals surface area contributed by atoms with E-state index in [9.17, 15) is 8.42 Å². The van der Waals surface area contributed by atoms with Gasteiger partial charge in [0.1, 0.15) is 0 Å². The highest BCUT2D eigenvalue weighted by Crippen LogP contribution is 2.11. The number of nitrogens with one attached hydrogen (secondary N) is 1. The molecule has 0 heterocycles. The number of rotatable bonds is 2. The number of sulfonamides is 1. The second kappa shape index (κ2) is 5.63. The first kappa shape index (κ1) is 12.7. The third-order valence-electron chi connectivity index (χ3n) is 1.42. The molecule has 0 bridgehead atoms. The summed E-state index contributed by atoms with van der Waals surface area (Å²) in [5.74, 6) is 2.91. The number of anilines is 1. The fraction of sp³-hybridized carbons (Fsp3) is 0.111. The number of hydrogen-bond donors (Lipinski definition) is 1. The van der Waals surface area contributed by atoms with Gasteiger partial charge in [0.05, 0.1) is 6.26 Å². The van der Waals surface area contributed by atoms with Crippen molar-refractivity contribution < 1.29 is 8.42 Å². The molecule has 0 spiro atoms. The number of benzene rings is 1. The van der Waals surface area contributed by atoms with Gasteiger partial charge in [-0.05, 0) is 38.5 Å². The van der Waals surface area contributed by atoms with Crippen molar-refractivity contribution >= 4 is 45.8 Å². The Morgan fingerprint density at radius 1 is 1.33 bits per heavy atom. The van der Waals surface area contributed by atoms with Crippen LogP contribution < -0.4 is 4.72 Å². The van der Waals surface area contributed by atoms with Gasteiger partial charge in [0.2, 0.25) is 10.0 Å². The summed E-state index contributed by atoms with van der Waals surface area (Å²) in [6.45, 7) is 0. The molecule has 1 rings (SSSR count). The van der Waals surface area contributed by atoms with Crippen LogP contribution in [0.4, 0.5) is 5.69 Å². The molecule has 1 aromatic carbocycles. The summed E-state index contributed by atoms with van der Waals surface area (Å²) < 4.78 is 24.2. The topological polar surface area (TPSA) is 46.2 Å². The van der Waals surface area contributed by atoms with Crippen molar-refractivity contribution in [3.8, 4) is 11.2 Å². The van der Waals surface area contributed by atoms with Gasteiger partial charge in [0.15, 0.2) is 0 Å². The highest BCUT2D eigenvalue weighted by Gasteiger charge is 2.00. The van der Waals surface area contributed by atoms with Crippen LogP contribution in [0.15, 0.2) is 24.3 Å². The van der Waals surface area contributed by atoms with Crippen LogP contribution in [0.3, 0.4) is 0 Å². The van der Waals surface area contributed by atoms with Crippen LogP contribution in [0.25, 0.3) is 0 Å². The summed E-state index contributed by atoms with van der Waals surface area (Å²) in [7, 11) is -1.79. The molecule has 1 N–H and O–H groups in total. The van der Waals surface area contributed by atoms with Crippen LogP contribution in [-0.2, 0) is 10.0 Å². The highest BCUT2D eigenvalue weighted by molar-refractivity contribution is 14.2. The minimum absolute atomic E-state index is 0.546. The molecule has 0 aliphatic carbocycles. The van der Waals surface area contributed by atoms with E-state index >= 15 is 0 Å². The summed E-state index contributed by atoms with van der Waals surface area (Å²) in [4.78, 5) is 0. The summed E-state index contributed by atoms with van der Waals surface area (Å²) in [5.41, 5.74) is 1.41. The van der Waals surface area contributed by atoms with Crippen LogP contribution in [-0.4, -0.2) is 14.7 Å². The van der Waals surface area contributed by atoms with Crippen molar-refractivity contribution in [3.63, 3.8) is 0 Å². The lowest BCUT2D eigenvalue weighted by atomic mass is 10.2. The molecule has 0 saturated carbocycles. The van der Waals surface area contributed by atoms with Gasteiger partial charge in [-0.2, -0.15) is 0 Å². The van der Waals surface area contributed by atoms with E-state index in [1.54, 1.807) is 24.3 Å². The van der Waals surface area contributed by atoms with Gasteiger partial charge in [0.25, 0.3) is 0 Å². The van der Waals surface area contributed by atoms with Crippen LogP contribution in [0, 0.1) is 11.2 Å². The smallest absolute Gasteiger partial charge is 0.229 e. The summed E-state index contributed by atoms with van der Waals surface area (Å²) in [6, 6.07) is 6.91. The van der Waals surface area contributed by atoms with Gasteiger partial charge in [0, 0.05) is 32.5 Å². The van der Waals surface area contributed by atoms with Crippen LogP contribution >= 0.6 is 30.1 Å². The third-order valence-corrected chi connectivity index (χ3v) is 2.87. The summed E-state index contributed by atoms with van der Waals surface area (Å²) in [6.07, 6.45) is 1.12. The average Bonchev–Trinajstić information content (AvgIpc) is 2.14. The Bertz CT molecular complexity index is 485. The molecule has 0 atom stereocenters. The molecular weight excluding hydrogens is 345 g/mol. The van der Waals surface area contributed by atoms with Gasteiger partial charge < -0.3 is 0 Å². The summed E-state index contributed by atoms with van der Waals surface area (Å²) >= 11 is 2.09. The van der Waals surface area contributed by atoms with Crippen LogP contribution in [0.2, 0.25) is 0 Å². The molecule has 0 fully saturated rings. The van der Waals surface area contributed by atoms with Gasteiger partial charge >= 0.3 is 0 Å². The maximum absolute atomic E-state index is 10.9. The first-order valence-corrected chi connectivity index (χ1v) is 9.13. The van der Waals surface area contributed by atoms with E-state index in [4.69, 9.17) is 0 Å². The molecule has 0 unspecified atom stereocenters. The Labute approximate surface area is 106 Å². The van der Waals surface area contributed by atoms with E-state index in [1.165, 1.54) is 8.93 Å². The molecule has 15 heavy (non-hydrogen) atoms. The zero-order chi connectivity index (χ0) is 11.3. The molecule has 0 aliphatic rings. The third kappa shape index (κ3) is 5.30. The monoisotopic (exact) mass is 353 g/mol. The van der Waals surface area contributed by atoms with E-state index < -0.39 is 10.0 Å². The first-order valence-electron chi connectivity index (χ1n) is 3.88. The van der Waals surface area contributed by atoms with Crippen molar-refractivity contribution in [2.75, 3.05) is 11.0 Å². The van der Waals surface area contributed by atoms with Crippen LogP contribution in [0.5, 0.6) is 0 Å². The predicted octanol–water partition coefficient (Wildman–Crippen LogP) is 2.45. The second-order valence-electron chi connectivity index (χ2n) is 2.76. The minimum Gasteiger partial charge on any atom is -0.284 e. The van der Waals surface area contributed by atoms with E-state index in [2.05, 4.69) is 37.1 Å². The Morgan fingerprint density at radius 3 is 2.40 bits per heavy atom. The van der Waals surface area contributed by atoms with Gasteiger partial charge in [-0.3, -0.25) is 4.72 Å². The fourth-order valence-corrected chi connectivity index (χ4v) is 1.96. The maximum atomic E-state index is 10.9. The van der Waals surface area contributed by atoms with Crippen molar-refractivity contribution in [2.24, 2.45) is 0 Å². The second-order valence-corrected chi connectivity index (χ2v) is 6.18. The lowest BCUT2D eigenvalue weighted by molar-refractivity contribution is 0.607. The molecule has 0 aromatic heterocycles. The molecule has 3 nitrogen and oxygen atoms in total. The quantitative estimate of drug-likeness (QED) is 0.656. The van der Waals surface area contributed by atoms with E-state index in [-0.39, 0.29) is 0 Å². The van der Waals surface area contributed by atoms with E-state index in [1.807, 2.05) is 0 Å². The Hall–Kier alpha value is -0.390. The van der Waals surface area contributed by atoms with Crippen molar-refractivity contribution in [1.82, 2.24) is 0 Å². The SMILES string of the molecule is CS(=O)(=O)Nc1ccc(C#CSI)cc1. The Morgan fingerprint density at radius 2 is 1.93 bits per heavy atom. The first-order chi connectivity index (χ1) is 7.01. The molecule has 0 radical (unpaired) electrons. The molecule has 80 valence electrons. The number of hydrogen-bond acceptors (Lipinski definition) is 3. The van der Waals surface area contributed by atoms with E-state index in [0.717, 1.165) is 11.8 Å². The van der Waals surface area contributed by atoms with Gasteiger partial charge in [-0.25, -0.2) is 8.42 Å². The lowest BCUT2D eigenvalue weighted by Gasteiger charge is -2.02. The van der Waals surface area contributed by atoms with E-state index in [0.29, 0.717) is 5.69 Å². The molecular formula is C9H8INO2S2. The van der Waals surface area contributed by atoms with Gasteiger partial charge in [-0.15, -0.1) is 0 Å².